The lowest BCUT2D eigenvalue weighted by Gasteiger charge is -2.12. The van der Waals surface area contributed by atoms with Crippen molar-refractivity contribution in [3.63, 3.8) is 0 Å². The fourth-order valence-electron chi connectivity index (χ4n) is 2.97. The molecule has 1 aromatic heterocycles. The van der Waals surface area contributed by atoms with Crippen LogP contribution in [0.5, 0.6) is 0 Å². The van der Waals surface area contributed by atoms with E-state index in [2.05, 4.69) is 63.4 Å². The number of nitrogens with one attached hydrogen (secondary N) is 1. The number of para-hydroxylation sites is 1. The van der Waals surface area contributed by atoms with Crippen molar-refractivity contribution in [1.82, 2.24) is 9.55 Å². The molecular formula is C17H15N3. The molecule has 20 heavy (non-hydrogen) atoms. The Morgan fingerprint density at radius 3 is 2.60 bits per heavy atom. The fourth-order valence-corrected chi connectivity index (χ4v) is 2.97. The van der Waals surface area contributed by atoms with Crippen LogP contribution in [0.25, 0.3) is 16.9 Å². The van der Waals surface area contributed by atoms with Gasteiger partial charge in [-0.05, 0) is 17.2 Å². The van der Waals surface area contributed by atoms with Crippen molar-refractivity contribution in [1.29, 1.82) is 0 Å². The van der Waals surface area contributed by atoms with Gasteiger partial charge in [-0.25, -0.2) is 4.98 Å². The molecule has 0 saturated heterocycles. The first-order chi connectivity index (χ1) is 9.88. The second-order valence-electron chi connectivity index (χ2n) is 5.02. The molecule has 0 spiro atoms. The Morgan fingerprint density at radius 1 is 1.00 bits per heavy atom. The van der Waals surface area contributed by atoms with Gasteiger partial charge in [0.2, 0.25) is 5.95 Å². The zero-order valence-electron chi connectivity index (χ0n) is 11.3. The molecule has 0 saturated carbocycles. The van der Waals surface area contributed by atoms with Gasteiger partial charge in [-0.2, -0.15) is 0 Å². The Morgan fingerprint density at radius 2 is 1.75 bits per heavy atom. The molecule has 0 aliphatic carbocycles. The molecule has 0 bridgehead atoms. The van der Waals surface area contributed by atoms with Crippen LogP contribution in [0.15, 0.2) is 54.7 Å². The third-order valence-corrected chi connectivity index (χ3v) is 3.89. The lowest BCUT2D eigenvalue weighted by atomic mass is 9.99. The summed E-state index contributed by atoms with van der Waals surface area (Å²) in [6.45, 7) is 0. The predicted molar refractivity (Wildman–Crippen MR) is 81.4 cm³/mol. The number of rotatable bonds is 1. The first-order valence-corrected chi connectivity index (χ1v) is 6.80. The van der Waals surface area contributed by atoms with Crippen LogP contribution in [0.4, 0.5) is 5.95 Å². The van der Waals surface area contributed by atoms with Gasteiger partial charge in [-0.3, -0.25) is 4.57 Å². The number of anilines is 1. The summed E-state index contributed by atoms with van der Waals surface area (Å²) in [6, 6.07) is 17.1. The summed E-state index contributed by atoms with van der Waals surface area (Å²) in [6.07, 6.45) is 2.91. The minimum absolute atomic E-state index is 0.879. The minimum atomic E-state index is 0.879. The SMILES string of the molecule is CNc1ncc2n1-c1ccccc1Cc1ccccc1-2. The first kappa shape index (κ1) is 11.3. The molecule has 1 aliphatic heterocycles. The number of nitrogens with zero attached hydrogens (tertiary/aromatic N) is 2. The van der Waals surface area contributed by atoms with Gasteiger partial charge in [-0.15, -0.1) is 0 Å². The largest absolute Gasteiger partial charge is 0.358 e. The number of benzene rings is 2. The van der Waals surface area contributed by atoms with Gasteiger partial charge in [0.05, 0.1) is 17.6 Å². The quantitative estimate of drug-likeness (QED) is 0.568. The van der Waals surface area contributed by atoms with Crippen molar-refractivity contribution >= 4 is 5.95 Å². The molecule has 0 unspecified atom stereocenters. The number of aromatic nitrogens is 2. The van der Waals surface area contributed by atoms with E-state index in [1.54, 1.807) is 0 Å². The van der Waals surface area contributed by atoms with E-state index in [0.717, 1.165) is 18.1 Å². The Bertz CT molecular complexity index is 786. The van der Waals surface area contributed by atoms with Crippen LogP contribution in [-0.4, -0.2) is 16.6 Å². The zero-order valence-corrected chi connectivity index (χ0v) is 11.3. The maximum Gasteiger partial charge on any atom is 0.207 e. The molecule has 1 N–H and O–H groups in total. The molecule has 4 rings (SSSR count). The summed E-state index contributed by atoms with van der Waals surface area (Å²) in [5.41, 5.74) is 6.29. The van der Waals surface area contributed by atoms with Crippen LogP contribution in [0.2, 0.25) is 0 Å². The van der Waals surface area contributed by atoms with E-state index < -0.39 is 0 Å². The van der Waals surface area contributed by atoms with Crippen molar-refractivity contribution < 1.29 is 0 Å². The summed E-state index contributed by atoms with van der Waals surface area (Å²) in [4.78, 5) is 4.51. The topological polar surface area (TPSA) is 29.9 Å². The Kier molecular flexibility index (Phi) is 2.39. The van der Waals surface area contributed by atoms with Crippen LogP contribution in [0.1, 0.15) is 11.1 Å². The molecule has 3 aromatic rings. The minimum Gasteiger partial charge on any atom is -0.358 e. The molecular weight excluding hydrogens is 246 g/mol. The molecule has 2 heterocycles. The van der Waals surface area contributed by atoms with Gasteiger partial charge in [0.15, 0.2) is 0 Å². The number of imidazole rings is 1. The van der Waals surface area contributed by atoms with Crippen molar-refractivity contribution in [2.24, 2.45) is 0 Å². The zero-order chi connectivity index (χ0) is 13.5. The van der Waals surface area contributed by atoms with E-state index in [0.29, 0.717) is 0 Å². The van der Waals surface area contributed by atoms with E-state index >= 15 is 0 Å². The fraction of sp³-hybridized carbons (Fsp3) is 0.118. The highest BCUT2D eigenvalue weighted by Crippen LogP contribution is 2.35. The number of hydrogen-bond acceptors (Lipinski definition) is 2. The first-order valence-electron chi connectivity index (χ1n) is 6.80. The second kappa shape index (κ2) is 4.23. The van der Waals surface area contributed by atoms with Gasteiger partial charge in [-0.1, -0.05) is 42.5 Å². The second-order valence-corrected chi connectivity index (χ2v) is 5.02. The number of fused-ring (bicyclic) bond motifs is 5. The van der Waals surface area contributed by atoms with E-state index in [4.69, 9.17) is 0 Å². The summed E-state index contributed by atoms with van der Waals surface area (Å²) >= 11 is 0. The summed E-state index contributed by atoms with van der Waals surface area (Å²) in [7, 11) is 1.91. The molecule has 3 nitrogen and oxygen atoms in total. The Balaban J connectivity index is 2.12. The standard InChI is InChI=1S/C17H15N3/c1-18-17-19-11-16-14-8-4-2-6-12(14)10-13-7-3-5-9-15(13)20(16)17/h2-9,11H,10H2,1H3,(H,18,19). The molecule has 0 fully saturated rings. The molecule has 0 radical (unpaired) electrons. The van der Waals surface area contributed by atoms with E-state index in [1.807, 2.05) is 13.2 Å². The molecule has 0 atom stereocenters. The van der Waals surface area contributed by atoms with Gasteiger partial charge in [0.25, 0.3) is 0 Å². The predicted octanol–water partition coefficient (Wildman–Crippen LogP) is 3.49. The highest BCUT2D eigenvalue weighted by molar-refractivity contribution is 5.72. The molecule has 1 aliphatic rings. The van der Waals surface area contributed by atoms with E-state index in [1.165, 1.54) is 22.4 Å². The van der Waals surface area contributed by atoms with Crippen molar-refractivity contribution in [2.75, 3.05) is 12.4 Å². The maximum atomic E-state index is 4.51. The van der Waals surface area contributed by atoms with Crippen LogP contribution in [0.3, 0.4) is 0 Å². The van der Waals surface area contributed by atoms with E-state index in [-0.39, 0.29) is 0 Å². The third kappa shape index (κ3) is 1.50. The molecule has 3 heteroatoms. The summed E-state index contributed by atoms with van der Waals surface area (Å²) in [5, 5.41) is 3.19. The van der Waals surface area contributed by atoms with Crippen LogP contribution < -0.4 is 5.32 Å². The van der Waals surface area contributed by atoms with Gasteiger partial charge in [0.1, 0.15) is 0 Å². The van der Waals surface area contributed by atoms with Crippen LogP contribution >= 0.6 is 0 Å². The van der Waals surface area contributed by atoms with Gasteiger partial charge < -0.3 is 5.32 Å². The average Bonchev–Trinajstić information content (AvgIpc) is 2.86. The third-order valence-electron chi connectivity index (χ3n) is 3.89. The average molecular weight is 261 g/mol. The Labute approximate surface area is 117 Å². The van der Waals surface area contributed by atoms with Crippen molar-refractivity contribution in [3.8, 4) is 16.9 Å². The molecule has 98 valence electrons. The maximum absolute atomic E-state index is 4.51. The Hall–Kier alpha value is -2.55. The smallest absolute Gasteiger partial charge is 0.207 e. The van der Waals surface area contributed by atoms with Crippen molar-refractivity contribution in [2.45, 2.75) is 6.42 Å². The normalized spacial score (nSPS) is 12.1. The molecule has 0 amide bonds. The van der Waals surface area contributed by atoms with Crippen molar-refractivity contribution in [3.05, 3.63) is 65.9 Å². The highest BCUT2D eigenvalue weighted by atomic mass is 15.2. The monoisotopic (exact) mass is 261 g/mol. The van der Waals surface area contributed by atoms with Crippen LogP contribution in [0, 0.1) is 0 Å². The lowest BCUT2D eigenvalue weighted by Crippen LogP contribution is -2.03. The van der Waals surface area contributed by atoms with E-state index in [9.17, 15) is 0 Å². The van der Waals surface area contributed by atoms with Gasteiger partial charge in [0, 0.05) is 19.0 Å². The molecule has 2 aromatic carbocycles. The summed E-state index contributed by atoms with van der Waals surface area (Å²) < 4.78 is 2.21. The summed E-state index contributed by atoms with van der Waals surface area (Å²) in [5.74, 6) is 0.879. The lowest BCUT2D eigenvalue weighted by molar-refractivity contribution is 1.04. The highest BCUT2D eigenvalue weighted by Gasteiger charge is 2.21. The van der Waals surface area contributed by atoms with Gasteiger partial charge >= 0.3 is 0 Å². The van der Waals surface area contributed by atoms with Crippen LogP contribution in [-0.2, 0) is 6.42 Å². The number of hydrogen-bond donors (Lipinski definition) is 1.